The Bertz CT molecular complexity index is 11900. The lowest BCUT2D eigenvalue weighted by Crippen LogP contribution is -1.92. The van der Waals surface area contributed by atoms with Crippen molar-refractivity contribution < 1.29 is 74.9 Å². The van der Waals surface area contributed by atoms with Crippen LogP contribution in [0.15, 0.2) is 485 Å². The Morgan fingerprint density at radius 2 is 0.403 bits per heavy atom. The number of rotatable bonds is 9. The predicted molar refractivity (Wildman–Crippen MR) is 548 cm³/mol. The Morgan fingerprint density at radius 1 is 0.140 bits per heavy atom. The van der Waals surface area contributed by atoms with Crippen molar-refractivity contribution in [2.24, 2.45) is 0 Å². The average molecular weight is 1690 g/mol. The van der Waals surface area contributed by atoms with Gasteiger partial charge < -0.3 is 13.3 Å². The molecule has 3 heterocycles. The minimum Gasteiger partial charge on any atom is -0.456 e. The first kappa shape index (κ1) is 42.1. The molecule has 0 saturated carbocycles. The number of para-hydroxylation sites is 3. The summed E-state index contributed by atoms with van der Waals surface area (Å²) < 4.78 is 418. The molecule has 24 aromatic carbocycles. The summed E-state index contributed by atoms with van der Waals surface area (Å²) in [5, 5.41) is 0.0482. The Morgan fingerprint density at radius 3 is 0.783 bits per heavy atom. The lowest BCUT2D eigenvalue weighted by atomic mass is 9.84. The van der Waals surface area contributed by atoms with Crippen LogP contribution in [0.3, 0.4) is 0 Å². The number of hydrogen-bond acceptors (Lipinski definition) is 3. The van der Waals surface area contributed by atoms with Gasteiger partial charge in [-0.25, -0.2) is 0 Å². The molecule has 0 aliphatic rings. The Balaban J connectivity index is 0.000000130. The van der Waals surface area contributed by atoms with E-state index in [4.69, 9.17) is 51.6 Å². The van der Waals surface area contributed by atoms with E-state index in [0.717, 1.165) is 60.2 Å². The summed E-state index contributed by atoms with van der Waals surface area (Å²) in [7, 11) is 0. The molecule has 0 atom stereocenters. The third-order valence-electron chi connectivity index (χ3n) is 23.3. The molecule has 3 heteroatoms. The lowest BCUT2D eigenvalue weighted by Gasteiger charge is -2.19. The van der Waals surface area contributed by atoms with Crippen LogP contribution >= 0.6 is 0 Å². The van der Waals surface area contributed by atoms with Gasteiger partial charge in [-0.1, -0.05) is 393 Å². The highest BCUT2D eigenvalue weighted by atomic mass is 16.3. The lowest BCUT2D eigenvalue weighted by molar-refractivity contribution is 0.668. The van der Waals surface area contributed by atoms with Gasteiger partial charge in [-0.3, -0.25) is 0 Å². The number of fused-ring (bicyclic) bond motifs is 18. The highest BCUT2D eigenvalue weighted by Crippen LogP contribution is 2.51. The fourth-order valence-corrected chi connectivity index (χ4v) is 17.6. The van der Waals surface area contributed by atoms with Crippen molar-refractivity contribution >= 4 is 163 Å². The van der Waals surface area contributed by atoms with E-state index in [-0.39, 0.29) is 98.0 Å². The van der Waals surface area contributed by atoms with Gasteiger partial charge in [0.05, 0.1) is 61.7 Å². The minimum absolute atomic E-state index is 0.0328. The van der Waals surface area contributed by atoms with E-state index in [1.165, 1.54) is 0 Å². The molecule has 3 nitrogen and oxygen atoms in total. The molecule has 0 spiro atoms. The van der Waals surface area contributed by atoms with Crippen molar-refractivity contribution in [2.45, 2.75) is 0 Å². The molecular formula is C126H78O3. The van der Waals surface area contributed by atoms with E-state index in [1.807, 2.05) is 140 Å². The zero-order valence-corrected chi connectivity index (χ0v) is 66.8. The summed E-state index contributed by atoms with van der Waals surface area (Å²) in [5.41, 5.74) is 7.27. The topological polar surface area (TPSA) is 39.4 Å². The smallest absolute Gasteiger partial charge is 0.135 e. The highest BCUT2D eigenvalue weighted by molar-refractivity contribution is 6.26. The van der Waals surface area contributed by atoms with Gasteiger partial charge in [-0.2, -0.15) is 0 Å². The van der Waals surface area contributed by atoms with E-state index < -0.39 is 321 Å². The van der Waals surface area contributed by atoms with Crippen LogP contribution in [0, 0.1) is 0 Å². The summed E-state index contributed by atoms with van der Waals surface area (Å²) in [6.45, 7) is 0. The van der Waals surface area contributed by atoms with Crippen LogP contribution in [0.5, 0.6) is 0 Å². The molecule has 600 valence electrons. The third kappa shape index (κ3) is 12.9. The molecule has 0 aliphatic carbocycles. The Kier molecular flexibility index (Phi) is 10.1. The van der Waals surface area contributed by atoms with Gasteiger partial charge in [0.1, 0.15) is 33.5 Å². The third-order valence-corrected chi connectivity index (χ3v) is 23.3. The fourth-order valence-electron chi connectivity index (χ4n) is 17.6. The van der Waals surface area contributed by atoms with Crippen LogP contribution in [0.25, 0.3) is 263 Å². The zero-order chi connectivity index (χ0) is 124. The van der Waals surface area contributed by atoms with Crippen LogP contribution in [-0.4, -0.2) is 0 Å². The molecule has 0 aliphatic heterocycles. The Hall–Kier alpha value is -17.0. The molecule has 0 N–H and O–H groups in total. The van der Waals surface area contributed by atoms with E-state index in [2.05, 4.69) is 0 Å². The zero-order valence-electron chi connectivity index (χ0n) is 112. The Labute approximate surface area is 807 Å². The monoisotopic (exact) mass is 1680 g/mol. The highest BCUT2D eigenvalue weighted by Gasteiger charge is 2.24. The van der Waals surface area contributed by atoms with E-state index in [1.54, 1.807) is 60.7 Å². The fraction of sp³-hybridized carbons (Fsp3) is 0. The quantitative estimate of drug-likeness (QED) is 0.135. The van der Waals surface area contributed by atoms with E-state index in [9.17, 15) is 23.3 Å². The van der Waals surface area contributed by atoms with Crippen LogP contribution in [0.2, 0.25) is 0 Å². The van der Waals surface area contributed by atoms with E-state index >= 15 is 0 Å². The second kappa shape index (κ2) is 31.1. The molecule has 129 heavy (non-hydrogen) atoms. The number of hydrogen-bond donors (Lipinski definition) is 0. The molecule has 3 aromatic heterocycles. The van der Waals surface area contributed by atoms with Crippen molar-refractivity contribution in [1.82, 2.24) is 0 Å². The van der Waals surface area contributed by atoms with Gasteiger partial charge in [-0.15, -0.1) is 0 Å². The first-order valence-corrected chi connectivity index (χ1v) is 40.6. The summed E-state index contributed by atoms with van der Waals surface area (Å²) in [4.78, 5) is 0. The second-order valence-electron chi connectivity index (χ2n) is 30.4. The second-order valence-corrected chi connectivity index (χ2v) is 30.4. The summed E-state index contributed by atoms with van der Waals surface area (Å²) >= 11 is 0. The molecular weight excluding hydrogens is 1560 g/mol. The van der Waals surface area contributed by atoms with Crippen molar-refractivity contribution in [1.29, 1.82) is 0 Å². The average Bonchev–Trinajstić information content (AvgIpc) is 1.26. The molecule has 0 bridgehead atoms. The van der Waals surface area contributed by atoms with Crippen LogP contribution in [-0.2, 0) is 0 Å². The van der Waals surface area contributed by atoms with Crippen LogP contribution in [0.4, 0.5) is 0 Å². The minimum atomic E-state index is -0.755. The van der Waals surface area contributed by atoms with Gasteiger partial charge >= 0.3 is 0 Å². The van der Waals surface area contributed by atoms with Crippen molar-refractivity contribution in [3.05, 3.63) is 472 Å². The van der Waals surface area contributed by atoms with E-state index in [0.29, 0.717) is 55.7 Å². The molecule has 0 fully saturated rings. The predicted octanol–water partition coefficient (Wildman–Crippen LogP) is 36.1. The van der Waals surface area contributed by atoms with Crippen molar-refractivity contribution in [2.75, 3.05) is 0 Å². The van der Waals surface area contributed by atoms with Gasteiger partial charge in [0.2, 0.25) is 0 Å². The van der Waals surface area contributed by atoms with Crippen LogP contribution < -0.4 is 0 Å². The molecule has 0 unspecified atom stereocenters. The van der Waals surface area contributed by atoms with Gasteiger partial charge in [0, 0.05) is 32.3 Å². The molecule has 0 radical (unpaired) electrons. The maximum Gasteiger partial charge on any atom is 0.135 e. The number of benzene rings is 24. The molecule has 27 rings (SSSR count). The number of furan rings is 3. The maximum atomic E-state index is 9.40. The normalized spacial score (nSPS) is 16.6. The standard InChI is InChI=1S/3C42H26O/c1-2-15-31-27(11-1)12-10-21-33(31)42-36-19-5-3-17-34(36)41(35-18-4-6-20-37(35)42)30-14-9-13-28(25-30)29-23-24-40-38(26-29)32-16-7-8-22-39(32)43-40;1-2-11-28-24-32(21-20-27(28)10-1)42-36-17-5-3-15-34(36)41(35-16-4-6-18-37(35)42)31-13-9-12-29(25-31)30-22-23-40-38(26-30)33-14-7-8-19-39(33)43-40;1-2-10-30-25-32(22-19-27(30)9-1)42-36-14-5-3-12-34(36)41(35-13-4-6-15-37(35)42)29-20-17-28(18-21-29)31-23-24-40-38(26-31)33-11-7-8-16-39(33)43-40/h3*1-26H/i1D,2D,3D,4D,5D,6D,10D,11D,12D,15D,17D,18D,19D,20D,21D;1D,2D,3D,4D,5D,6D,10D,11D,15D,16D,17D,18D,20D,21D,24D;1D,2D,3D,4D,5D,6D,9D,10D,12D,13D,14D,15D,19D,22D,25D. The summed E-state index contributed by atoms with van der Waals surface area (Å²) in [6, 6.07) is 30.8. The molecule has 27 aromatic rings. The first-order valence-electron chi connectivity index (χ1n) is 63.1. The summed E-state index contributed by atoms with van der Waals surface area (Å²) in [6.07, 6.45) is 0. The SMILES string of the molecule is [2H]c1c([2H])c([2H])c2c(-c3c4c([2H])c([2H])c([2H])c([2H])c4c(-c4cccc(-c5ccc6oc7ccccc7c6c5)c4)c4c([2H])c([2H])c([2H])c([2H])c34)c([2H])c([2H])c([2H])c2c1[2H].[2H]c1c([2H])c([2H])c2c([2H])c(-c3c4c([2H])c([2H])c([2H])c([2H])c4c(-c4ccc(-c5ccc6oc7ccccc7c6c5)cc4)c4c([2H])c([2H])c([2H])c([2H])c34)c([2H])c([2H])c2c1[2H].[2H]c1c([2H])c([2H])c2c([2H])c(-c3c4c([2H])c([2H])c([2H])c([2H])c4c(-c4cccc(-c5ccc6oc7ccccc7c6c5)c4)c4c([2H])c([2H])c([2H])c([2H])c34)c([2H])c([2H])c2c1[2H]. The van der Waals surface area contributed by atoms with Crippen molar-refractivity contribution in [3.63, 3.8) is 0 Å². The maximum absolute atomic E-state index is 9.40. The van der Waals surface area contributed by atoms with Crippen LogP contribution in [0.1, 0.15) is 61.7 Å². The first-order chi connectivity index (χ1) is 82.7. The van der Waals surface area contributed by atoms with Crippen molar-refractivity contribution in [3.8, 4) is 100 Å². The summed E-state index contributed by atoms with van der Waals surface area (Å²) in [5.74, 6) is 0. The van der Waals surface area contributed by atoms with Gasteiger partial charge in [0.25, 0.3) is 0 Å². The van der Waals surface area contributed by atoms with Gasteiger partial charge in [-0.05, 0) is 276 Å². The molecule has 0 saturated heterocycles. The van der Waals surface area contributed by atoms with Gasteiger partial charge in [0.15, 0.2) is 0 Å². The molecule has 0 amide bonds. The largest absolute Gasteiger partial charge is 0.456 e.